The molecule has 8 nitrogen and oxygen atoms in total. The maximum absolute atomic E-state index is 11.8. The van der Waals surface area contributed by atoms with E-state index in [1.807, 2.05) is 0 Å². The fourth-order valence-corrected chi connectivity index (χ4v) is 4.18. The van der Waals surface area contributed by atoms with E-state index in [0.717, 1.165) is 0 Å². The summed E-state index contributed by atoms with van der Waals surface area (Å²) in [6.45, 7) is 3.49. The smallest absolute Gasteiger partial charge is 0.246 e. The second kappa shape index (κ2) is 4.83. The number of hydrogen-bond donors (Lipinski definition) is 3. The number of aromatic nitrogens is 2. The molecule has 114 valence electrons. The minimum atomic E-state index is -2.98. The molecule has 0 aliphatic carbocycles. The predicted molar refractivity (Wildman–Crippen MR) is 79.2 cm³/mol. The van der Waals surface area contributed by atoms with Crippen LogP contribution in [0.5, 0.6) is 0 Å². The second-order valence-electron chi connectivity index (χ2n) is 5.44. The van der Waals surface area contributed by atoms with Crippen molar-refractivity contribution in [3.8, 4) is 0 Å². The molecule has 1 amide bonds. The summed E-state index contributed by atoms with van der Waals surface area (Å²) in [5.74, 6) is 1.66. The molecule has 1 aromatic heterocycles. The highest BCUT2D eigenvalue weighted by Gasteiger charge is 2.31. The van der Waals surface area contributed by atoms with Crippen molar-refractivity contribution in [2.24, 2.45) is 0 Å². The van der Waals surface area contributed by atoms with Gasteiger partial charge in [-0.2, -0.15) is 0 Å². The third-order valence-electron chi connectivity index (χ3n) is 3.59. The van der Waals surface area contributed by atoms with Crippen LogP contribution in [-0.4, -0.2) is 47.9 Å². The molecule has 1 aromatic rings. The van der Waals surface area contributed by atoms with E-state index in [2.05, 4.69) is 25.9 Å². The maximum Gasteiger partial charge on any atom is 0.246 e. The summed E-state index contributed by atoms with van der Waals surface area (Å²) in [4.78, 5) is 20.3. The first-order chi connectivity index (χ1) is 9.84. The third kappa shape index (κ3) is 2.78. The number of amides is 1. The zero-order chi connectivity index (χ0) is 15.2. The van der Waals surface area contributed by atoms with E-state index in [1.165, 1.54) is 0 Å². The molecule has 0 radical (unpaired) electrons. The zero-order valence-electron chi connectivity index (χ0n) is 11.8. The van der Waals surface area contributed by atoms with E-state index in [-0.39, 0.29) is 29.5 Å². The van der Waals surface area contributed by atoms with Gasteiger partial charge in [0.2, 0.25) is 5.91 Å². The molecular weight excluding hydrogens is 294 g/mol. The zero-order valence-corrected chi connectivity index (χ0v) is 12.6. The number of hydrogen-bond acceptors (Lipinski definition) is 7. The first-order valence-corrected chi connectivity index (χ1v) is 8.59. The topological polar surface area (TPSA) is 113 Å². The lowest BCUT2D eigenvalue weighted by Crippen LogP contribution is -2.38. The van der Waals surface area contributed by atoms with Crippen molar-refractivity contribution in [2.75, 3.05) is 27.5 Å². The Labute approximate surface area is 122 Å². The highest BCUT2D eigenvalue weighted by Crippen LogP contribution is 2.32. The van der Waals surface area contributed by atoms with Gasteiger partial charge in [-0.25, -0.2) is 18.4 Å². The van der Waals surface area contributed by atoms with Gasteiger partial charge in [0, 0.05) is 6.04 Å². The molecule has 0 bridgehead atoms. The van der Waals surface area contributed by atoms with Crippen LogP contribution in [-0.2, 0) is 14.6 Å². The van der Waals surface area contributed by atoms with Gasteiger partial charge in [0.05, 0.1) is 11.5 Å². The van der Waals surface area contributed by atoms with Crippen LogP contribution in [0.25, 0.3) is 0 Å². The van der Waals surface area contributed by atoms with Crippen molar-refractivity contribution in [1.82, 2.24) is 9.97 Å². The number of carbonyl (C=O) groups excluding carboxylic acids is 1. The minimum absolute atomic E-state index is 0.0859. The average Bonchev–Trinajstić information content (AvgIpc) is 2.71. The highest BCUT2D eigenvalue weighted by atomic mass is 32.2. The number of fused-ring (bicyclic) bond motifs is 1. The number of anilines is 3. The van der Waals surface area contributed by atoms with Gasteiger partial charge in [0.1, 0.15) is 17.6 Å². The predicted octanol–water partition coefficient (Wildman–Crippen LogP) is 0.137. The molecule has 3 heterocycles. The van der Waals surface area contributed by atoms with Gasteiger partial charge >= 0.3 is 0 Å². The van der Waals surface area contributed by atoms with Crippen molar-refractivity contribution >= 4 is 33.1 Å². The number of nitrogens with one attached hydrogen (secondary N) is 3. The largest absolute Gasteiger partial charge is 0.364 e. The first-order valence-electron chi connectivity index (χ1n) is 6.77. The number of sulfone groups is 1. The molecule has 21 heavy (non-hydrogen) atoms. The summed E-state index contributed by atoms with van der Waals surface area (Å²) in [5, 5.41) is 8.89. The maximum atomic E-state index is 11.8. The Morgan fingerprint density at radius 3 is 2.76 bits per heavy atom. The van der Waals surface area contributed by atoms with Gasteiger partial charge in [-0.05, 0) is 20.3 Å². The van der Waals surface area contributed by atoms with Crippen molar-refractivity contribution in [3.63, 3.8) is 0 Å². The normalized spacial score (nSPS) is 26.7. The Kier molecular flexibility index (Phi) is 3.23. The van der Waals surface area contributed by atoms with Crippen LogP contribution in [0.4, 0.5) is 17.3 Å². The van der Waals surface area contributed by atoms with E-state index in [1.54, 1.807) is 13.8 Å². The fourth-order valence-electron chi connectivity index (χ4n) is 2.50. The number of carbonyl (C=O) groups is 1. The lowest BCUT2D eigenvalue weighted by Gasteiger charge is -2.26. The van der Waals surface area contributed by atoms with E-state index in [4.69, 9.17) is 0 Å². The number of nitrogens with zero attached hydrogens (tertiary/aromatic N) is 2. The summed E-state index contributed by atoms with van der Waals surface area (Å²) >= 11 is 0. The van der Waals surface area contributed by atoms with Crippen LogP contribution < -0.4 is 16.0 Å². The molecule has 2 unspecified atom stereocenters. The molecule has 3 rings (SSSR count). The number of rotatable bonds is 2. The molecule has 9 heteroatoms. The van der Waals surface area contributed by atoms with Crippen molar-refractivity contribution in [3.05, 3.63) is 5.82 Å². The quantitative estimate of drug-likeness (QED) is 0.712. The van der Waals surface area contributed by atoms with Crippen molar-refractivity contribution < 1.29 is 13.2 Å². The van der Waals surface area contributed by atoms with Gasteiger partial charge in [-0.15, -0.1) is 0 Å². The first kappa shape index (κ1) is 14.1. The average molecular weight is 311 g/mol. The van der Waals surface area contributed by atoms with Gasteiger partial charge < -0.3 is 16.0 Å². The van der Waals surface area contributed by atoms with E-state index in [9.17, 15) is 13.2 Å². The van der Waals surface area contributed by atoms with Crippen LogP contribution in [0, 0.1) is 6.92 Å². The summed E-state index contributed by atoms with van der Waals surface area (Å²) in [6, 6.07) is -0.559. The van der Waals surface area contributed by atoms with Crippen LogP contribution in [0.3, 0.4) is 0 Å². The molecule has 2 aliphatic heterocycles. The Hall–Kier alpha value is -1.90. The van der Waals surface area contributed by atoms with Gasteiger partial charge in [-0.1, -0.05) is 0 Å². The van der Waals surface area contributed by atoms with E-state index < -0.39 is 9.84 Å². The van der Waals surface area contributed by atoms with Crippen LogP contribution >= 0.6 is 0 Å². The lowest BCUT2D eigenvalue weighted by atomic mass is 10.2. The highest BCUT2D eigenvalue weighted by molar-refractivity contribution is 7.91. The van der Waals surface area contributed by atoms with E-state index >= 15 is 0 Å². The van der Waals surface area contributed by atoms with Crippen LogP contribution in [0.2, 0.25) is 0 Å². The molecule has 0 saturated carbocycles. The van der Waals surface area contributed by atoms with Gasteiger partial charge in [-0.3, -0.25) is 4.79 Å². The molecule has 1 fully saturated rings. The Balaban J connectivity index is 1.91. The van der Waals surface area contributed by atoms with Gasteiger partial charge in [0.25, 0.3) is 0 Å². The molecule has 2 atom stereocenters. The lowest BCUT2D eigenvalue weighted by molar-refractivity contribution is -0.116. The van der Waals surface area contributed by atoms with Crippen LogP contribution in [0.15, 0.2) is 0 Å². The fraction of sp³-hybridized carbons (Fsp3) is 0.583. The summed E-state index contributed by atoms with van der Waals surface area (Å²) in [6.07, 6.45) is 0.540. The monoisotopic (exact) mass is 311 g/mol. The second-order valence-corrected chi connectivity index (χ2v) is 7.67. The summed E-state index contributed by atoms with van der Waals surface area (Å²) in [5.41, 5.74) is 0.480. The van der Waals surface area contributed by atoms with E-state index in [0.29, 0.717) is 29.6 Å². The SMILES string of the molecule is Cc1nc(NC2CCS(=O)(=O)C2)c2c(n1)NC(C)C(=O)N2. The minimum Gasteiger partial charge on any atom is -0.364 e. The molecular formula is C12H17N5O3S. The Morgan fingerprint density at radius 1 is 1.33 bits per heavy atom. The van der Waals surface area contributed by atoms with Gasteiger partial charge in [0.15, 0.2) is 21.5 Å². The molecule has 0 spiro atoms. The third-order valence-corrected chi connectivity index (χ3v) is 5.36. The summed E-state index contributed by atoms with van der Waals surface area (Å²) in [7, 11) is -2.98. The number of aryl methyl sites for hydroxylation is 1. The molecule has 0 aromatic carbocycles. The standard InChI is InChI=1S/C12H17N5O3S/c1-6-12(18)17-9-10(13-6)14-7(2)15-11(9)16-8-3-4-21(19,20)5-8/h6,8H,3-5H2,1-2H3,(H,17,18)(H2,13,14,15,16). The Morgan fingerprint density at radius 2 is 2.10 bits per heavy atom. The van der Waals surface area contributed by atoms with Crippen molar-refractivity contribution in [1.29, 1.82) is 0 Å². The Bertz CT molecular complexity index is 703. The van der Waals surface area contributed by atoms with Crippen LogP contribution in [0.1, 0.15) is 19.2 Å². The molecule has 3 N–H and O–H groups in total. The van der Waals surface area contributed by atoms with Crippen molar-refractivity contribution in [2.45, 2.75) is 32.4 Å². The summed E-state index contributed by atoms with van der Waals surface area (Å²) < 4.78 is 23.1. The molecule has 2 aliphatic rings. The molecule has 1 saturated heterocycles.